The third-order valence-corrected chi connectivity index (χ3v) is 7.58. The number of carbonyl (C=O) groups excluding carboxylic acids is 1. The second kappa shape index (κ2) is 9.52. The van der Waals surface area contributed by atoms with Gasteiger partial charge in [0.05, 0.1) is 12.5 Å². The summed E-state index contributed by atoms with van der Waals surface area (Å²) in [5, 5.41) is 1.29. The number of esters is 1. The first-order valence-corrected chi connectivity index (χ1v) is 12.6. The second-order valence-corrected chi connectivity index (χ2v) is 9.63. The number of benzene rings is 1. The Labute approximate surface area is 189 Å². The molecule has 0 saturated carbocycles. The fourth-order valence-corrected chi connectivity index (χ4v) is 6.22. The van der Waals surface area contributed by atoms with E-state index in [2.05, 4.69) is 45.0 Å². The minimum absolute atomic E-state index is 0.113. The minimum Gasteiger partial charge on any atom is -0.466 e. The number of fused-ring (bicyclic) bond motifs is 3. The molecule has 4 heteroatoms. The lowest BCUT2D eigenvalue weighted by atomic mass is 9.82. The van der Waals surface area contributed by atoms with Gasteiger partial charge in [-0.15, -0.1) is 11.3 Å². The van der Waals surface area contributed by atoms with Gasteiger partial charge in [0.25, 0.3) is 0 Å². The number of thiophene rings is 1. The molecular formula is C27H33NO2S. The van der Waals surface area contributed by atoms with Crippen molar-refractivity contribution in [2.24, 2.45) is 0 Å². The van der Waals surface area contributed by atoms with Gasteiger partial charge in [-0.25, -0.2) is 4.98 Å². The van der Waals surface area contributed by atoms with E-state index in [0.29, 0.717) is 6.61 Å². The summed E-state index contributed by atoms with van der Waals surface area (Å²) in [5.74, 6) is -0.384. The van der Waals surface area contributed by atoms with Gasteiger partial charge >= 0.3 is 5.97 Å². The van der Waals surface area contributed by atoms with Crippen molar-refractivity contribution in [2.45, 2.75) is 78.6 Å². The van der Waals surface area contributed by atoms with Crippen molar-refractivity contribution in [1.82, 2.24) is 4.98 Å². The molecule has 1 aliphatic carbocycles. The molecule has 0 bridgehead atoms. The van der Waals surface area contributed by atoms with E-state index in [4.69, 9.17) is 9.72 Å². The van der Waals surface area contributed by atoms with Crippen LogP contribution >= 0.6 is 11.3 Å². The van der Waals surface area contributed by atoms with Crippen LogP contribution in [0.5, 0.6) is 0 Å². The summed E-state index contributed by atoms with van der Waals surface area (Å²) in [6.45, 7) is 8.71. The lowest BCUT2D eigenvalue weighted by molar-refractivity contribution is -0.145. The quantitative estimate of drug-likeness (QED) is 0.370. The summed E-state index contributed by atoms with van der Waals surface area (Å²) in [7, 11) is 0. The summed E-state index contributed by atoms with van der Waals surface area (Å²) >= 11 is 1.87. The van der Waals surface area contributed by atoms with Crippen LogP contribution in [0.2, 0.25) is 0 Å². The SMILES string of the molecule is CCCC(C(=O)OCC)c1c(CC)nc2sc3c(c2c1-c1ccc(C)cc1)CCCC3. The van der Waals surface area contributed by atoms with Crippen LogP contribution in [0.3, 0.4) is 0 Å². The van der Waals surface area contributed by atoms with Gasteiger partial charge < -0.3 is 4.74 Å². The Morgan fingerprint density at radius 1 is 1.13 bits per heavy atom. The highest BCUT2D eigenvalue weighted by Gasteiger charge is 2.31. The van der Waals surface area contributed by atoms with Gasteiger partial charge in [0.1, 0.15) is 4.83 Å². The first-order chi connectivity index (χ1) is 15.1. The van der Waals surface area contributed by atoms with Crippen molar-refractivity contribution in [2.75, 3.05) is 6.61 Å². The van der Waals surface area contributed by atoms with E-state index in [1.165, 1.54) is 45.4 Å². The number of hydrogen-bond acceptors (Lipinski definition) is 4. The first-order valence-electron chi connectivity index (χ1n) is 11.8. The fourth-order valence-electron chi connectivity index (χ4n) is 4.93. The number of carbonyl (C=O) groups is 1. The lowest BCUT2D eigenvalue weighted by Crippen LogP contribution is -2.19. The van der Waals surface area contributed by atoms with Crippen LogP contribution < -0.4 is 0 Å². The molecule has 0 N–H and O–H groups in total. The van der Waals surface area contributed by atoms with Gasteiger partial charge in [0, 0.05) is 16.0 Å². The molecule has 2 heterocycles. The zero-order valence-electron chi connectivity index (χ0n) is 19.2. The van der Waals surface area contributed by atoms with Gasteiger partial charge in [-0.05, 0) is 74.6 Å². The van der Waals surface area contributed by atoms with Crippen molar-refractivity contribution in [3.05, 3.63) is 51.5 Å². The van der Waals surface area contributed by atoms with E-state index in [0.717, 1.165) is 48.2 Å². The second-order valence-electron chi connectivity index (χ2n) is 8.55. The smallest absolute Gasteiger partial charge is 0.313 e. The van der Waals surface area contributed by atoms with E-state index in [1.807, 2.05) is 18.3 Å². The molecule has 0 fully saturated rings. The van der Waals surface area contributed by atoms with Crippen LogP contribution in [0.15, 0.2) is 24.3 Å². The summed E-state index contributed by atoms with van der Waals surface area (Å²) in [5.41, 5.74) is 7.29. The van der Waals surface area contributed by atoms with Crippen LogP contribution in [-0.4, -0.2) is 17.6 Å². The zero-order valence-corrected chi connectivity index (χ0v) is 20.0. The van der Waals surface area contributed by atoms with Crippen molar-refractivity contribution < 1.29 is 9.53 Å². The molecule has 1 unspecified atom stereocenters. The number of pyridine rings is 1. The van der Waals surface area contributed by atoms with Crippen molar-refractivity contribution in [3.8, 4) is 11.1 Å². The number of aromatic nitrogens is 1. The van der Waals surface area contributed by atoms with E-state index >= 15 is 0 Å². The largest absolute Gasteiger partial charge is 0.466 e. The molecule has 1 atom stereocenters. The van der Waals surface area contributed by atoms with E-state index in [1.54, 1.807) is 0 Å². The van der Waals surface area contributed by atoms with Crippen LogP contribution in [0.1, 0.15) is 79.6 Å². The van der Waals surface area contributed by atoms with Gasteiger partial charge in [0.15, 0.2) is 0 Å². The maximum absolute atomic E-state index is 13.2. The molecule has 3 aromatic rings. The molecule has 31 heavy (non-hydrogen) atoms. The zero-order chi connectivity index (χ0) is 22.0. The van der Waals surface area contributed by atoms with Crippen LogP contribution in [0.25, 0.3) is 21.3 Å². The van der Waals surface area contributed by atoms with Gasteiger partial charge in [0.2, 0.25) is 0 Å². The molecule has 4 rings (SSSR count). The van der Waals surface area contributed by atoms with Crippen molar-refractivity contribution in [3.63, 3.8) is 0 Å². The maximum atomic E-state index is 13.2. The van der Waals surface area contributed by atoms with Crippen LogP contribution in [0.4, 0.5) is 0 Å². The minimum atomic E-state index is -0.271. The summed E-state index contributed by atoms with van der Waals surface area (Å²) in [4.78, 5) is 20.9. The number of nitrogens with zero attached hydrogens (tertiary/aromatic N) is 1. The molecule has 0 spiro atoms. The number of ether oxygens (including phenoxy) is 1. The van der Waals surface area contributed by atoms with Crippen molar-refractivity contribution in [1.29, 1.82) is 0 Å². The van der Waals surface area contributed by atoms with Crippen LogP contribution in [0, 0.1) is 6.92 Å². The van der Waals surface area contributed by atoms with Gasteiger partial charge in [-0.3, -0.25) is 4.79 Å². The van der Waals surface area contributed by atoms with E-state index < -0.39 is 0 Å². The predicted octanol–water partition coefficient (Wildman–Crippen LogP) is 7.16. The van der Waals surface area contributed by atoms with E-state index in [-0.39, 0.29) is 11.9 Å². The summed E-state index contributed by atoms with van der Waals surface area (Å²) in [6, 6.07) is 8.78. The van der Waals surface area contributed by atoms with Crippen molar-refractivity contribution >= 4 is 27.5 Å². The van der Waals surface area contributed by atoms with Crippen LogP contribution in [-0.2, 0) is 28.8 Å². The molecule has 1 aromatic carbocycles. The molecule has 3 nitrogen and oxygen atoms in total. The Morgan fingerprint density at radius 2 is 1.87 bits per heavy atom. The Balaban J connectivity index is 2.08. The molecule has 1 aliphatic rings. The molecular weight excluding hydrogens is 402 g/mol. The fraction of sp³-hybridized carbons (Fsp3) is 0.481. The standard InChI is InChI=1S/C27H33NO2S/c1-5-10-20(27(29)30-7-3)24-21(6-2)28-26-25(19-11-8-9-12-22(19)31-26)23(24)18-15-13-17(4)14-16-18/h13-16,20H,5-12H2,1-4H3. The average molecular weight is 436 g/mol. The molecule has 2 aromatic heterocycles. The Morgan fingerprint density at radius 3 is 2.55 bits per heavy atom. The third kappa shape index (κ3) is 4.15. The number of aryl methyl sites for hydroxylation is 4. The molecule has 0 amide bonds. The Kier molecular flexibility index (Phi) is 6.76. The Bertz CT molecular complexity index is 1080. The maximum Gasteiger partial charge on any atom is 0.313 e. The predicted molar refractivity (Wildman–Crippen MR) is 130 cm³/mol. The summed E-state index contributed by atoms with van der Waals surface area (Å²) < 4.78 is 5.56. The third-order valence-electron chi connectivity index (χ3n) is 6.39. The monoisotopic (exact) mass is 435 g/mol. The highest BCUT2D eigenvalue weighted by atomic mass is 32.1. The highest BCUT2D eigenvalue weighted by Crippen LogP contribution is 2.46. The molecule has 0 aliphatic heterocycles. The molecule has 0 radical (unpaired) electrons. The summed E-state index contributed by atoms with van der Waals surface area (Å²) in [6.07, 6.45) is 7.27. The number of rotatable bonds is 7. The highest BCUT2D eigenvalue weighted by molar-refractivity contribution is 7.19. The average Bonchev–Trinajstić information content (AvgIpc) is 3.15. The van der Waals surface area contributed by atoms with Gasteiger partial charge in [-0.1, -0.05) is 50.1 Å². The first kappa shape index (κ1) is 22.0. The normalized spacial score (nSPS) is 14.5. The van der Waals surface area contributed by atoms with Gasteiger partial charge in [-0.2, -0.15) is 0 Å². The Hall–Kier alpha value is -2.20. The lowest BCUT2D eigenvalue weighted by Gasteiger charge is -2.23. The topological polar surface area (TPSA) is 39.2 Å². The van der Waals surface area contributed by atoms with E-state index in [9.17, 15) is 4.79 Å². The molecule has 0 saturated heterocycles. The number of hydrogen-bond donors (Lipinski definition) is 0. The molecule has 164 valence electrons.